The molecule has 0 spiro atoms. The zero-order chi connectivity index (χ0) is 17.3. The third-order valence-electron chi connectivity index (χ3n) is 4.19. The number of aromatic nitrogens is 3. The normalized spacial score (nSPS) is 17.3. The number of aryl methyl sites for hydroxylation is 1. The maximum absolute atomic E-state index is 12.8. The summed E-state index contributed by atoms with van der Waals surface area (Å²) in [7, 11) is 0. The summed E-state index contributed by atoms with van der Waals surface area (Å²) in [6.07, 6.45) is 1.69. The van der Waals surface area contributed by atoms with Crippen LogP contribution in [0.25, 0.3) is 0 Å². The molecule has 0 radical (unpaired) electrons. The molecule has 0 aromatic carbocycles. The molecule has 2 aromatic rings. The van der Waals surface area contributed by atoms with E-state index in [-0.39, 0.29) is 17.9 Å². The first-order valence-electron chi connectivity index (χ1n) is 8.03. The van der Waals surface area contributed by atoms with Gasteiger partial charge in [0.05, 0.1) is 17.3 Å². The Labute approximate surface area is 140 Å². The average Bonchev–Trinajstić information content (AvgIpc) is 3.22. The van der Waals surface area contributed by atoms with E-state index in [1.807, 2.05) is 13.8 Å². The molecule has 3 rings (SSSR count). The van der Waals surface area contributed by atoms with E-state index in [4.69, 9.17) is 9.78 Å². The average molecular weight is 325 g/mol. The molecule has 0 bridgehead atoms. The Morgan fingerprint density at radius 1 is 1.42 bits per heavy atom. The van der Waals surface area contributed by atoms with Gasteiger partial charge in [-0.2, -0.15) is 10.2 Å². The van der Waals surface area contributed by atoms with Gasteiger partial charge in [-0.3, -0.25) is 4.79 Å². The van der Waals surface area contributed by atoms with Gasteiger partial charge in [0.25, 0.3) is 5.91 Å². The second-order valence-corrected chi connectivity index (χ2v) is 6.24. The van der Waals surface area contributed by atoms with Gasteiger partial charge in [0, 0.05) is 12.5 Å². The minimum atomic E-state index is -0.188. The van der Waals surface area contributed by atoms with Crippen LogP contribution < -0.4 is 0 Å². The first-order chi connectivity index (χ1) is 11.5. The summed E-state index contributed by atoms with van der Waals surface area (Å²) in [6, 6.07) is 5.10. The van der Waals surface area contributed by atoms with Crippen LogP contribution in [0.15, 0.2) is 16.7 Å². The molecule has 1 fully saturated rings. The van der Waals surface area contributed by atoms with Crippen LogP contribution in [-0.4, -0.2) is 32.5 Å². The molecule has 1 aliphatic heterocycles. The minimum Gasteiger partial charge on any atom is -0.339 e. The smallest absolute Gasteiger partial charge is 0.273 e. The Kier molecular flexibility index (Phi) is 4.30. The molecule has 0 saturated carbocycles. The van der Waals surface area contributed by atoms with Crippen LogP contribution in [0.3, 0.4) is 0 Å². The monoisotopic (exact) mass is 325 g/mol. The fourth-order valence-corrected chi connectivity index (χ4v) is 2.84. The van der Waals surface area contributed by atoms with Crippen molar-refractivity contribution >= 4 is 5.91 Å². The highest BCUT2D eigenvalue weighted by atomic mass is 16.5. The van der Waals surface area contributed by atoms with Crippen LogP contribution in [0, 0.1) is 18.3 Å². The first-order valence-corrected chi connectivity index (χ1v) is 8.03. The van der Waals surface area contributed by atoms with Crippen LogP contribution in [0.2, 0.25) is 0 Å². The topological polar surface area (TPSA) is 95.9 Å². The number of likely N-dealkylation sites (tertiary alicyclic amines) is 1. The lowest BCUT2D eigenvalue weighted by Crippen LogP contribution is -2.32. The minimum absolute atomic E-state index is 0.152. The zero-order valence-electron chi connectivity index (χ0n) is 14.0. The lowest BCUT2D eigenvalue weighted by atomic mass is 10.1. The molecule has 1 saturated heterocycles. The maximum atomic E-state index is 12.8. The molecular weight excluding hydrogens is 306 g/mol. The van der Waals surface area contributed by atoms with Gasteiger partial charge < -0.3 is 9.42 Å². The van der Waals surface area contributed by atoms with E-state index in [1.165, 1.54) is 0 Å². The fraction of sp³-hybridized carbons (Fsp3) is 0.471. The quantitative estimate of drug-likeness (QED) is 0.861. The second-order valence-electron chi connectivity index (χ2n) is 6.24. The van der Waals surface area contributed by atoms with Gasteiger partial charge in [0.2, 0.25) is 5.89 Å². The van der Waals surface area contributed by atoms with E-state index in [0.717, 1.165) is 12.8 Å². The van der Waals surface area contributed by atoms with E-state index in [1.54, 1.807) is 24.0 Å². The van der Waals surface area contributed by atoms with Gasteiger partial charge in [0.15, 0.2) is 5.82 Å². The molecule has 2 aromatic heterocycles. The predicted octanol–water partition coefficient (Wildman–Crippen LogP) is 2.75. The van der Waals surface area contributed by atoms with E-state index < -0.39 is 0 Å². The van der Waals surface area contributed by atoms with Crippen molar-refractivity contribution in [1.29, 1.82) is 5.26 Å². The first kappa shape index (κ1) is 16.1. The van der Waals surface area contributed by atoms with E-state index in [0.29, 0.717) is 35.2 Å². The Hall–Kier alpha value is -2.75. The summed E-state index contributed by atoms with van der Waals surface area (Å²) in [5, 5.41) is 13.0. The van der Waals surface area contributed by atoms with Gasteiger partial charge in [-0.1, -0.05) is 19.0 Å². The summed E-state index contributed by atoms with van der Waals surface area (Å²) in [4.78, 5) is 23.3. The van der Waals surface area contributed by atoms with Crippen molar-refractivity contribution in [3.05, 3.63) is 40.8 Å². The lowest BCUT2D eigenvalue weighted by Gasteiger charge is -2.22. The summed E-state index contributed by atoms with van der Waals surface area (Å²) in [6.45, 7) is 6.33. The molecule has 0 aliphatic carbocycles. The Morgan fingerprint density at radius 2 is 2.21 bits per heavy atom. The van der Waals surface area contributed by atoms with Crippen molar-refractivity contribution in [2.45, 2.75) is 45.6 Å². The summed E-state index contributed by atoms with van der Waals surface area (Å²) < 4.78 is 5.27. The number of hydrogen-bond acceptors (Lipinski definition) is 6. The van der Waals surface area contributed by atoms with Crippen molar-refractivity contribution in [2.75, 3.05) is 6.54 Å². The van der Waals surface area contributed by atoms with Gasteiger partial charge in [-0.25, -0.2) is 4.98 Å². The van der Waals surface area contributed by atoms with Gasteiger partial charge >= 0.3 is 0 Å². The van der Waals surface area contributed by atoms with Gasteiger partial charge in [-0.15, -0.1) is 0 Å². The van der Waals surface area contributed by atoms with Crippen molar-refractivity contribution in [1.82, 2.24) is 20.0 Å². The summed E-state index contributed by atoms with van der Waals surface area (Å²) in [5.41, 5.74) is 1.37. The van der Waals surface area contributed by atoms with E-state index in [9.17, 15) is 4.79 Å². The van der Waals surface area contributed by atoms with Crippen LogP contribution in [0.5, 0.6) is 0 Å². The molecule has 7 nitrogen and oxygen atoms in total. The Morgan fingerprint density at radius 3 is 2.83 bits per heavy atom. The molecule has 1 aliphatic rings. The molecule has 0 N–H and O–H groups in total. The third-order valence-corrected chi connectivity index (χ3v) is 4.19. The lowest BCUT2D eigenvalue weighted by molar-refractivity contribution is 0.0722. The van der Waals surface area contributed by atoms with Crippen molar-refractivity contribution < 1.29 is 9.32 Å². The standard InChI is InChI=1S/C17H19N5O2/c1-10(2)16-20-15(21-24-16)14-5-4-8-22(14)17(23)13-7-6-12(9-18)11(3)19-13/h6-7,10,14H,4-5,8H2,1-3H3/t14-/m0/s1. The maximum Gasteiger partial charge on any atom is 0.273 e. The third kappa shape index (κ3) is 2.87. The number of amides is 1. The highest BCUT2D eigenvalue weighted by Crippen LogP contribution is 2.32. The SMILES string of the molecule is Cc1nc(C(=O)N2CCC[C@H]2c2noc(C(C)C)n2)ccc1C#N. The number of hydrogen-bond donors (Lipinski definition) is 0. The van der Waals surface area contributed by atoms with Crippen molar-refractivity contribution in [2.24, 2.45) is 0 Å². The highest BCUT2D eigenvalue weighted by Gasteiger charge is 2.34. The predicted molar refractivity (Wildman–Crippen MR) is 85.1 cm³/mol. The van der Waals surface area contributed by atoms with Crippen LogP contribution in [-0.2, 0) is 0 Å². The fourth-order valence-electron chi connectivity index (χ4n) is 2.84. The number of nitrogens with zero attached hydrogens (tertiary/aromatic N) is 5. The van der Waals surface area contributed by atoms with Gasteiger partial charge in [-0.05, 0) is 31.9 Å². The van der Waals surface area contributed by atoms with Crippen molar-refractivity contribution in [3.63, 3.8) is 0 Å². The Balaban J connectivity index is 1.85. The van der Waals surface area contributed by atoms with Crippen LogP contribution in [0.1, 0.15) is 72.1 Å². The number of carbonyl (C=O) groups excluding carboxylic acids is 1. The number of carbonyl (C=O) groups is 1. The zero-order valence-corrected chi connectivity index (χ0v) is 14.0. The molecule has 124 valence electrons. The van der Waals surface area contributed by atoms with Crippen LogP contribution >= 0.6 is 0 Å². The molecule has 7 heteroatoms. The molecule has 0 unspecified atom stereocenters. The summed E-state index contributed by atoms with van der Waals surface area (Å²) >= 11 is 0. The molecule has 3 heterocycles. The number of pyridine rings is 1. The van der Waals surface area contributed by atoms with E-state index in [2.05, 4.69) is 21.2 Å². The highest BCUT2D eigenvalue weighted by molar-refractivity contribution is 5.92. The largest absolute Gasteiger partial charge is 0.339 e. The second kappa shape index (κ2) is 6.40. The molecule has 1 amide bonds. The number of nitriles is 1. The summed E-state index contributed by atoms with van der Waals surface area (Å²) in [5.74, 6) is 1.12. The Bertz CT molecular complexity index is 806. The van der Waals surface area contributed by atoms with Crippen LogP contribution in [0.4, 0.5) is 0 Å². The van der Waals surface area contributed by atoms with Crippen molar-refractivity contribution in [3.8, 4) is 6.07 Å². The number of rotatable bonds is 3. The molecule has 24 heavy (non-hydrogen) atoms. The molecular formula is C17H19N5O2. The van der Waals surface area contributed by atoms with E-state index >= 15 is 0 Å². The van der Waals surface area contributed by atoms with Gasteiger partial charge in [0.1, 0.15) is 11.8 Å². The molecule has 1 atom stereocenters.